The number of carbonyl (C=O) groups excluding carboxylic acids is 1. The van der Waals surface area contributed by atoms with E-state index in [1.54, 1.807) is 4.90 Å². The molecule has 0 spiro atoms. The molecule has 160 valence electrons. The Morgan fingerprint density at radius 2 is 1.71 bits per heavy atom. The molecule has 0 aliphatic carbocycles. The molecule has 2 aromatic rings. The Hall–Kier alpha value is -4.06. The van der Waals surface area contributed by atoms with E-state index >= 15 is 0 Å². The zero-order valence-electron chi connectivity index (χ0n) is 17.3. The number of nitriles is 1. The quantitative estimate of drug-likeness (QED) is 0.305. The van der Waals surface area contributed by atoms with Crippen LogP contribution in [0, 0.1) is 21.4 Å². The van der Waals surface area contributed by atoms with Crippen molar-refractivity contribution < 1.29 is 19.2 Å². The first-order valence-corrected chi connectivity index (χ1v) is 9.60. The van der Waals surface area contributed by atoms with Gasteiger partial charge in [-0.3, -0.25) is 14.9 Å². The van der Waals surface area contributed by atoms with Gasteiger partial charge in [-0.2, -0.15) is 5.26 Å². The summed E-state index contributed by atoms with van der Waals surface area (Å²) in [6.45, 7) is 2.15. The lowest BCUT2D eigenvalue weighted by Crippen LogP contribution is -2.49. The second-order valence-electron chi connectivity index (χ2n) is 6.81. The van der Waals surface area contributed by atoms with Crippen LogP contribution >= 0.6 is 0 Å². The number of anilines is 1. The van der Waals surface area contributed by atoms with Gasteiger partial charge in [-0.25, -0.2) is 0 Å². The molecular weight excluding hydrogens is 400 g/mol. The minimum absolute atomic E-state index is 0.0930. The first kappa shape index (κ1) is 21.6. The summed E-state index contributed by atoms with van der Waals surface area (Å²) in [7, 11) is 2.77. The van der Waals surface area contributed by atoms with Gasteiger partial charge >= 0.3 is 0 Å². The van der Waals surface area contributed by atoms with E-state index in [2.05, 4.69) is 4.90 Å². The first-order chi connectivity index (χ1) is 15.0. The monoisotopic (exact) mass is 422 g/mol. The number of piperazine rings is 1. The number of amides is 1. The van der Waals surface area contributed by atoms with E-state index in [1.807, 2.05) is 36.4 Å². The molecule has 0 N–H and O–H groups in total. The van der Waals surface area contributed by atoms with Gasteiger partial charge in [-0.05, 0) is 24.3 Å². The van der Waals surface area contributed by atoms with Crippen LogP contribution in [-0.2, 0) is 4.79 Å². The zero-order valence-corrected chi connectivity index (χ0v) is 17.3. The fourth-order valence-electron chi connectivity index (χ4n) is 3.43. The second kappa shape index (κ2) is 9.63. The molecule has 31 heavy (non-hydrogen) atoms. The highest BCUT2D eigenvalue weighted by atomic mass is 16.6. The summed E-state index contributed by atoms with van der Waals surface area (Å²) in [6.07, 6.45) is 1.23. The van der Waals surface area contributed by atoms with Gasteiger partial charge in [0, 0.05) is 31.9 Å². The summed E-state index contributed by atoms with van der Waals surface area (Å²) in [5.41, 5.74) is 0.706. The highest BCUT2D eigenvalue weighted by molar-refractivity contribution is 6.02. The minimum Gasteiger partial charge on any atom is -0.493 e. The molecule has 1 amide bonds. The van der Waals surface area contributed by atoms with Crippen molar-refractivity contribution >= 4 is 23.4 Å². The van der Waals surface area contributed by atoms with E-state index in [9.17, 15) is 20.2 Å². The molecule has 1 fully saturated rings. The number of rotatable bonds is 6. The third-order valence-electron chi connectivity index (χ3n) is 5.07. The molecule has 3 rings (SSSR count). The summed E-state index contributed by atoms with van der Waals surface area (Å²) in [5, 5.41) is 21.1. The number of nitro groups is 1. The van der Waals surface area contributed by atoms with Crippen LogP contribution in [0.5, 0.6) is 11.5 Å². The normalized spacial score (nSPS) is 14.0. The number of methoxy groups -OCH3 is 2. The van der Waals surface area contributed by atoms with Crippen LogP contribution in [0.25, 0.3) is 6.08 Å². The highest BCUT2D eigenvalue weighted by Gasteiger charge is 2.25. The van der Waals surface area contributed by atoms with E-state index in [-0.39, 0.29) is 28.3 Å². The highest BCUT2D eigenvalue weighted by Crippen LogP contribution is 2.35. The smallest absolute Gasteiger partial charge is 0.280 e. The van der Waals surface area contributed by atoms with Crippen molar-refractivity contribution in [2.45, 2.75) is 0 Å². The van der Waals surface area contributed by atoms with Gasteiger partial charge in [-0.15, -0.1) is 0 Å². The SMILES string of the molecule is COc1cc(/C=C(/C#N)C(=O)N2CCN(c3ccccc3)CC2)c([N+](=O)[O-])cc1OC. The fourth-order valence-corrected chi connectivity index (χ4v) is 3.43. The summed E-state index contributed by atoms with van der Waals surface area (Å²) >= 11 is 0. The molecular formula is C22H22N4O5. The van der Waals surface area contributed by atoms with Gasteiger partial charge in [0.2, 0.25) is 0 Å². The van der Waals surface area contributed by atoms with Gasteiger partial charge in [-0.1, -0.05) is 18.2 Å². The maximum atomic E-state index is 12.9. The van der Waals surface area contributed by atoms with Gasteiger partial charge < -0.3 is 19.3 Å². The molecule has 0 unspecified atom stereocenters. The molecule has 1 heterocycles. The van der Waals surface area contributed by atoms with Crippen molar-refractivity contribution in [3.8, 4) is 17.6 Å². The van der Waals surface area contributed by atoms with Gasteiger partial charge in [0.15, 0.2) is 11.5 Å². The molecule has 1 aliphatic heterocycles. The standard InChI is InChI=1S/C22H22N4O5/c1-30-20-13-16(19(26(28)29)14-21(20)31-2)12-17(15-23)22(27)25-10-8-24(9-11-25)18-6-4-3-5-7-18/h3-7,12-14H,8-11H2,1-2H3/b17-12-. The molecule has 0 aromatic heterocycles. The average molecular weight is 422 g/mol. The van der Waals surface area contributed by atoms with Crippen LogP contribution in [0.1, 0.15) is 5.56 Å². The van der Waals surface area contributed by atoms with E-state index in [4.69, 9.17) is 9.47 Å². The van der Waals surface area contributed by atoms with Gasteiger partial charge in [0.1, 0.15) is 11.6 Å². The first-order valence-electron chi connectivity index (χ1n) is 9.60. The van der Waals surface area contributed by atoms with Crippen molar-refractivity contribution in [3.05, 3.63) is 63.7 Å². The molecule has 2 aromatic carbocycles. The van der Waals surface area contributed by atoms with Crippen molar-refractivity contribution in [1.82, 2.24) is 4.90 Å². The number of benzene rings is 2. The second-order valence-corrected chi connectivity index (χ2v) is 6.81. The molecule has 9 nitrogen and oxygen atoms in total. The molecule has 1 saturated heterocycles. The summed E-state index contributed by atoms with van der Waals surface area (Å²) in [4.78, 5) is 27.6. The van der Waals surface area contributed by atoms with E-state index in [1.165, 1.54) is 32.4 Å². The summed E-state index contributed by atoms with van der Waals surface area (Å²) in [5.74, 6) is -0.00641. The number of nitro benzene ring substituents is 1. The Kier molecular flexibility index (Phi) is 6.72. The van der Waals surface area contributed by atoms with E-state index in [0.29, 0.717) is 26.2 Å². The third kappa shape index (κ3) is 4.75. The Bertz CT molecular complexity index is 1040. The van der Waals surface area contributed by atoms with Crippen LogP contribution in [0.4, 0.5) is 11.4 Å². The van der Waals surface area contributed by atoms with Gasteiger partial charge in [0.25, 0.3) is 11.6 Å². The number of hydrogen-bond acceptors (Lipinski definition) is 7. The predicted molar refractivity (Wildman–Crippen MR) is 115 cm³/mol. The lowest BCUT2D eigenvalue weighted by molar-refractivity contribution is -0.385. The number of hydrogen-bond donors (Lipinski definition) is 0. The molecule has 0 atom stereocenters. The largest absolute Gasteiger partial charge is 0.493 e. The summed E-state index contributed by atoms with van der Waals surface area (Å²) in [6, 6.07) is 14.4. The maximum absolute atomic E-state index is 12.9. The fraction of sp³-hybridized carbons (Fsp3) is 0.273. The molecule has 0 saturated carbocycles. The molecule has 0 bridgehead atoms. The van der Waals surface area contributed by atoms with Crippen molar-refractivity contribution in [1.29, 1.82) is 5.26 Å². The maximum Gasteiger partial charge on any atom is 0.280 e. The van der Waals surface area contributed by atoms with Crippen LogP contribution in [-0.4, -0.2) is 56.1 Å². The minimum atomic E-state index is -0.591. The number of nitrogens with zero attached hydrogens (tertiary/aromatic N) is 4. The van der Waals surface area contributed by atoms with Crippen molar-refractivity contribution in [2.75, 3.05) is 45.3 Å². The zero-order chi connectivity index (χ0) is 22.4. The van der Waals surface area contributed by atoms with Gasteiger partial charge in [0.05, 0.1) is 30.8 Å². The van der Waals surface area contributed by atoms with Crippen LogP contribution in [0.3, 0.4) is 0 Å². The summed E-state index contributed by atoms with van der Waals surface area (Å²) < 4.78 is 10.3. The Labute approximate surface area is 179 Å². The number of para-hydroxylation sites is 1. The number of carbonyl (C=O) groups is 1. The van der Waals surface area contributed by atoms with Crippen molar-refractivity contribution in [3.63, 3.8) is 0 Å². The number of ether oxygens (including phenoxy) is 2. The van der Waals surface area contributed by atoms with Crippen LogP contribution in [0.2, 0.25) is 0 Å². The Morgan fingerprint density at radius 1 is 1.10 bits per heavy atom. The van der Waals surface area contributed by atoms with Crippen molar-refractivity contribution in [2.24, 2.45) is 0 Å². The topological polar surface area (TPSA) is 109 Å². The van der Waals surface area contributed by atoms with E-state index in [0.717, 1.165) is 5.69 Å². The molecule has 1 aliphatic rings. The predicted octanol–water partition coefficient (Wildman–Crippen LogP) is 2.87. The Morgan fingerprint density at radius 3 is 2.26 bits per heavy atom. The lowest BCUT2D eigenvalue weighted by atomic mass is 10.1. The van der Waals surface area contributed by atoms with E-state index < -0.39 is 10.8 Å². The van der Waals surface area contributed by atoms with Crippen LogP contribution in [0.15, 0.2) is 48.0 Å². The average Bonchev–Trinajstić information content (AvgIpc) is 2.82. The van der Waals surface area contributed by atoms with Crippen LogP contribution < -0.4 is 14.4 Å². The third-order valence-corrected chi connectivity index (χ3v) is 5.07. The lowest BCUT2D eigenvalue weighted by Gasteiger charge is -2.36. The molecule has 0 radical (unpaired) electrons. The molecule has 9 heteroatoms. The Balaban J connectivity index is 1.83.